The number of nitrogens with zero attached hydrogens (tertiary/aromatic N) is 3. The highest BCUT2D eigenvalue weighted by Gasteiger charge is 2.38. The largest absolute Gasteiger partial charge is 0.438 e. The van der Waals surface area contributed by atoms with Crippen LogP contribution in [0.15, 0.2) is 36.5 Å². The third-order valence-corrected chi connectivity index (χ3v) is 4.57. The van der Waals surface area contributed by atoms with E-state index in [9.17, 15) is 23.6 Å². The number of pyridine rings is 1. The van der Waals surface area contributed by atoms with Crippen molar-refractivity contribution in [3.05, 3.63) is 53.2 Å². The molecule has 0 aliphatic carbocycles. The first kappa shape index (κ1) is 19.2. The van der Waals surface area contributed by atoms with E-state index in [0.29, 0.717) is 5.56 Å². The third-order valence-electron chi connectivity index (χ3n) is 4.57. The highest BCUT2D eigenvalue weighted by molar-refractivity contribution is 5.98. The number of alkyl halides is 2. The standard InChI is InChI=1S/C19H16F2N4O3/c1-10-15(25(2)19(27)24-17(10)26)13-6-5-12(8-11(13)9-22)28-18-14(16(20)21)4-3-7-23-18/h3-8,10,15-16H,1-2H3,(H,24,26,27). The van der Waals surface area contributed by atoms with Crippen LogP contribution in [0.2, 0.25) is 0 Å². The van der Waals surface area contributed by atoms with Gasteiger partial charge < -0.3 is 9.64 Å². The molecule has 28 heavy (non-hydrogen) atoms. The molecule has 1 aromatic carbocycles. The van der Waals surface area contributed by atoms with Crippen molar-refractivity contribution in [3.8, 4) is 17.7 Å². The molecule has 1 aliphatic rings. The number of benzene rings is 1. The number of nitriles is 1. The van der Waals surface area contributed by atoms with Crippen molar-refractivity contribution in [2.24, 2.45) is 5.92 Å². The van der Waals surface area contributed by atoms with Crippen LogP contribution < -0.4 is 10.1 Å². The van der Waals surface area contributed by atoms with Crippen LogP contribution in [0.25, 0.3) is 0 Å². The summed E-state index contributed by atoms with van der Waals surface area (Å²) in [5, 5.41) is 11.8. The second kappa shape index (κ2) is 7.60. The summed E-state index contributed by atoms with van der Waals surface area (Å²) in [6.07, 6.45) is -1.44. The van der Waals surface area contributed by atoms with Gasteiger partial charge in [-0.2, -0.15) is 5.26 Å². The van der Waals surface area contributed by atoms with Crippen LogP contribution in [0.4, 0.5) is 13.6 Å². The molecule has 3 rings (SSSR count). The Bertz CT molecular complexity index is 954. The van der Waals surface area contributed by atoms with Gasteiger partial charge in [0, 0.05) is 13.2 Å². The van der Waals surface area contributed by atoms with E-state index in [1.54, 1.807) is 13.0 Å². The predicted molar refractivity (Wildman–Crippen MR) is 93.6 cm³/mol. The number of amides is 3. The minimum Gasteiger partial charge on any atom is -0.438 e. The fourth-order valence-corrected chi connectivity index (χ4v) is 3.11. The molecule has 2 heterocycles. The SMILES string of the molecule is CC1C(=O)NC(=O)N(C)C1c1ccc(Oc2ncccc2C(F)F)cc1C#N. The molecule has 0 spiro atoms. The first-order valence-corrected chi connectivity index (χ1v) is 8.36. The third kappa shape index (κ3) is 3.49. The number of carbonyl (C=O) groups is 2. The van der Waals surface area contributed by atoms with E-state index in [-0.39, 0.29) is 22.8 Å². The van der Waals surface area contributed by atoms with Gasteiger partial charge in [-0.15, -0.1) is 0 Å². The van der Waals surface area contributed by atoms with Gasteiger partial charge in [0.05, 0.1) is 29.2 Å². The average Bonchev–Trinajstić information content (AvgIpc) is 2.67. The molecule has 0 radical (unpaired) electrons. The van der Waals surface area contributed by atoms with E-state index in [2.05, 4.69) is 10.3 Å². The summed E-state index contributed by atoms with van der Waals surface area (Å²) in [5.41, 5.74) is 0.259. The van der Waals surface area contributed by atoms with Gasteiger partial charge in [-0.1, -0.05) is 13.0 Å². The summed E-state index contributed by atoms with van der Waals surface area (Å²) >= 11 is 0. The molecule has 2 aromatic rings. The Hall–Kier alpha value is -3.54. The molecule has 2 atom stereocenters. The molecule has 0 saturated carbocycles. The lowest BCUT2D eigenvalue weighted by Gasteiger charge is -2.37. The number of carbonyl (C=O) groups excluding carboxylic acids is 2. The second-order valence-electron chi connectivity index (χ2n) is 6.30. The Kier molecular flexibility index (Phi) is 5.22. The smallest absolute Gasteiger partial charge is 0.324 e. The molecule has 1 fully saturated rings. The van der Waals surface area contributed by atoms with Crippen LogP contribution in [0.5, 0.6) is 11.6 Å². The fourth-order valence-electron chi connectivity index (χ4n) is 3.11. The van der Waals surface area contributed by atoms with Crippen molar-refractivity contribution < 1.29 is 23.1 Å². The highest BCUT2D eigenvalue weighted by atomic mass is 19.3. The van der Waals surface area contributed by atoms with Gasteiger partial charge in [-0.25, -0.2) is 18.6 Å². The lowest BCUT2D eigenvalue weighted by atomic mass is 9.88. The molecular formula is C19H16F2N4O3. The van der Waals surface area contributed by atoms with E-state index in [4.69, 9.17) is 4.74 Å². The summed E-state index contributed by atoms with van der Waals surface area (Å²) in [7, 11) is 1.53. The maximum absolute atomic E-state index is 13.1. The summed E-state index contributed by atoms with van der Waals surface area (Å²) in [5.74, 6) is -1.13. The maximum atomic E-state index is 13.1. The van der Waals surface area contributed by atoms with E-state index in [0.717, 1.165) is 0 Å². The first-order chi connectivity index (χ1) is 13.3. The highest BCUT2D eigenvalue weighted by Crippen LogP contribution is 2.36. The van der Waals surface area contributed by atoms with E-state index < -0.39 is 30.3 Å². The molecule has 1 N–H and O–H groups in total. The van der Waals surface area contributed by atoms with Crippen molar-refractivity contribution in [3.63, 3.8) is 0 Å². The number of rotatable bonds is 4. The zero-order chi connectivity index (χ0) is 20.4. The number of ether oxygens (including phenoxy) is 1. The lowest BCUT2D eigenvalue weighted by Crippen LogP contribution is -2.53. The topological polar surface area (TPSA) is 95.3 Å². The molecule has 7 nitrogen and oxygen atoms in total. The summed E-state index contributed by atoms with van der Waals surface area (Å²) in [6.45, 7) is 1.65. The normalized spacial score (nSPS) is 19.4. The van der Waals surface area contributed by atoms with Gasteiger partial charge in [0.15, 0.2) is 0 Å². The number of hydrogen-bond donors (Lipinski definition) is 1. The van der Waals surface area contributed by atoms with Crippen molar-refractivity contribution in [1.29, 1.82) is 5.26 Å². The van der Waals surface area contributed by atoms with Crippen molar-refractivity contribution in [2.75, 3.05) is 7.05 Å². The van der Waals surface area contributed by atoms with Crippen LogP contribution in [-0.2, 0) is 4.79 Å². The monoisotopic (exact) mass is 386 g/mol. The van der Waals surface area contributed by atoms with Crippen molar-refractivity contribution in [1.82, 2.24) is 15.2 Å². The molecule has 1 saturated heterocycles. The van der Waals surface area contributed by atoms with Gasteiger partial charge in [0.2, 0.25) is 11.8 Å². The minimum absolute atomic E-state index is 0.141. The van der Waals surface area contributed by atoms with Gasteiger partial charge in [-0.05, 0) is 29.8 Å². The molecule has 1 aliphatic heterocycles. The van der Waals surface area contributed by atoms with Crippen molar-refractivity contribution in [2.45, 2.75) is 19.4 Å². The Morgan fingerprint density at radius 2 is 2.07 bits per heavy atom. The summed E-state index contributed by atoms with van der Waals surface area (Å²) in [4.78, 5) is 29.1. The van der Waals surface area contributed by atoms with Crippen LogP contribution >= 0.6 is 0 Å². The number of aromatic nitrogens is 1. The fraction of sp³-hybridized carbons (Fsp3) is 0.263. The predicted octanol–water partition coefficient (Wildman–Crippen LogP) is 3.54. The minimum atomic E-state index is -2.76. The molecule has 1 aromatic heterocycles. The van der Waals surface area contributed by atoms with E-state index in [1.165, 1.54) is 42.4 Å². The number of halogens is 2. The molecule has 3 amide bonds. The Morgan fingerprint density at radius 1 is 1.32 bits per heavy atom. The number of urea groups is 1. The molecule has 9 heteroatoms. The zero-order valence-electron chi connectivity index (χ0n) is 15.0. The average molecular weight is 386 g/mol. The molecular weight excluding hydrogens is 370 g/mol. The number of nitrogens with one attached hydrogen (secondary N) is 1. The lowest BCUT2D eigenvalue weighted by molar-refractivity contribution is -0.127. The van der Waals surface area contributed by atoms with Gasteiger partial charge in [0.1, 0.15) is 5.75 Å². The number of hydrogen-bond acceptors (Lipinski definition) is 5. The summed E-state index contributed by atoms with van der Waals surface area (Å²) in [6, 6.07) is 7.78. The van der Waals surface area contributed by atoms with E-state index in [1.807, 2.05) is 6.07 Å². The van der Waals surface area contributed by atoms with E-state index >= 15 is 0 Å². The molecule has 0 bridgehead atoms. The van der Waals surface area contributed by atoms with Gasteiger partial charge in [0.25, 0.3) is 6.43 Å². The first-order valence-electron chi connectivity index (χ1n) is 8.36. The van der Waals surface area contributed by atoms with Gasteiger partial charge in [-0.3, -0.25) is 10.1 Å². The van der Waals surface area contributed by atoms with Crippen LogP contribution in [-0.4, -0.2) is 28.9 Å². The molecule has 144 valence electrons. The zero-order valence-corrected chi connectivity index (χ0v) is 15.0. The van der Waals surface area contributed by atoms with Crippen LogP contribution in [0, 0.1) is 17.2 Å². The van der Waals surface area contributed by atoms with Crippen LogP contribution in [0.3, 0.4) is 0 Å². The second-order valence-corrected chi connectivity index (χ2v) is 6.30. The Morgan fingerprint density at radius 3 is 2.75 bits per heavy atom. The Labute approximate surface area is 159 Å². The van der Waals surface area contributed by atoms with Crippen molar-refractivity contribution >= 4 is 11.9 Å². The molecule has 2 unspecified atom stereocenters. The van der Waals surface area contributed by atoms with Crippen LogP contribution in [0.1, 0.15) is 36.1 Å². The quantitative estimate of drug-likeness (QED) is 0.867. The van der Waals surface area contributed by atoms with Gasteiger partial charge >= 0.3 is 6.03 Å². The maximum Gasteiger partial charge on any atom is 0.324 e. The summed E-state index contributed by atoms with van der Waals surface area (Å²) < 4.78 is 31.6. The number of imide groups is 1. The Balaban J connectivity index is 1.97.